The van der Waals surface area contributed by atoms with Crippen molar-refractivity contribution in [2.45, 2.75) is 18.6 Å². The fraction of sp³-hybridized carbons (Fsp3) is 0.308. The van der Waals surface area contributed by atoms with E-state index in [4.69, 9.17) is 0 Å². The molecule has 3 N–H and O–H groups in total. The lowest BCUT2D eigenvalue weighted by Gasteiger charge is -2.31. The smallest absolute Gasteiger partial charge is 0.211 e. The highest BCUT2D eigenvalue weighted by Crippen LogP contribution is 2.40. The monoisotopic (exact) mass is 233 g/mol. The Morgan fingerprint density at radius 3 is 2.65 bits per heavy atom. The van der Waals surface area contributed by atoms with Gasteiger partial charge in [0.15, 0.2) is 0 Å². The van der Waals surface area contributed by atoms with Gasteiger partial charge in [-0.3, -0.25) is 4.79 Å². The van der Waals surface area contributed by atoms with Crippen LogP contribution in [0.5, 0.6) is 0 Å². The van der Waals surface area contributed by atoms with E-state index in [1.807, 2.05) is 24.3 Å². The molecule has 17 heavy (non-hydrogen) atoms. The number of fused-ring (bicyclic) bond motifs is 1. The molecule has 1 aromatic rings. The van der Waals surface area contributed by atoms with Crippen LogP contribution in [0, 0.1) is 5.92 Å². The molecule has 4 heteroatoms. The number of rotatable bonds is 3. The first-order valence-corrected chi connectivity index (χ1v) is 5.55. The van der Waals surface area contributed by atoms with Crippen LogP contribution in [0.25, 0.3) is 0 Å². The van der Waals surface area contributed by atoms with E-state index in [-0.39, 0.29) is 5.92 Å². The maximum atomic E-state index is 10.2. The molecule has 1 aromatic carbocycles. The van der Waals surface area contributed by atoms with E-state index in [2.05, 4.69) is 5.32 Å². The lowest BCUT2D eigenvalue weighted by molar-refractivity contribution is -0.108. The van der Waals surface area contributed by atoms with Crippen molar-refractivity contribution in [3.8, 4) is 0 Å². The van der Waals surface area contributed by atoms with Gasteiger partial charge >= 0.3 is 0 Å². The zero-order valence-corrected chi connectivity index (χ0v) is 9.28. The molecule has 3 unspecified atom stereocenters. The Kier molecular flexibility index (Phi) is 3.56. The number of carbonyl (C=O) groups is 1. The minimum atomic E-state index is -0.640. The largest absolute Gasteiger partial charge is 0.388 e. The van der Waals surface area contributed by atoms with E-state index in [9.17, 15) is 15.0 Å². The van der Waals surface area contributed by atoms with Gasteiger partial charge in [0.1, 0.15) is 0 Å². The number of benzene rings is 1. The molecular formula is C13H15NO3. The van der Waals surface area contributed by atoms with Gasteiger partial charge in [-0.25, -0.2) is 0 Å². The number of carbonyl (C=O) groups excluding carboxylic acids is 1. The third kappa shape index (κ3) is 2.38. The van der Waals surface area contributed by atoms with E-state index < -0.39 is 12.2 Å². The van der Waals surface area contributed by atoms with Crippen molar-refractivity contribution >= 4 is 6.41 Å². The van der Waals surface area contributed by atoms with Crippen LogP contribution >= 0.6 is 0 Å². The molecule has 1 aliphatic carbocycles. The van der Waals surface area contributed by atoms with Crippen LogP contribution in [-0.2, 0) is 4.79 Å². The van der Waals surface area contributed by atoms with Gasteiger partial charge < -0.3 is 15.5 Å². The molecule has 0 bridgehead atoms. The van der Waals surface area contributed by atoms with Crippen LogP contribution in [0.1, 0.15) is 29.8 Å². The molecule has 1 aliphatic rings. The van der Waals surface area contributed by atoms with Crippen LogP contribution in [0.15, 0.2) is 36.5 Å². The van der Waals surface area contributed by atoms with Crippen molar-refractivity contribution < 1.29 is 15.0 Å². The SMILES string of the molecule is O=CNC=CC1CC(O)c2ccccc2C1O. The maximum absolute atomic E-state index is 10.2. The molecule has 3 atom stereocenters. The van der Waals surface area contributed by atoms with Crippen LogP contribution in [0.2, 0.25) is 0 Å². The minimum absolute atomic E-state index is 0.188. The summed E-state index contributed by atoms with van der Waals surface area (Å²) < 4.78 is 0. The Hall–Kier alpha value is -1.65. The molecule has 0 spiro atoms. The third-order valence-electron chi connectivity index (χ3n) is 3.08. The van der Waals surface area contributed by atoms with Crippen LogP contribution in [-0.4, -0.2) is 16.6 Å². The number of aliphatic hydroxyl groups is 2. The Morgan fingerprint density at radius 1 is 1.24 bits per heavy atom. The van der Waals surface area contributed by atoms with Crippen molar-refractivity contribution in [1.82, 2.24) is 5.32 Å². The number of hydrogen-bond donors (Lipinski definition) is 3. The highest BCUT2D eigenvalue weighted by atomic mass is 16.3. The standard InChI is InChI=1S/C13H15NO3/c15-8-14-6-5-9-7-12(16)10-3-1-2-4-11(10)13(9)17/h1-6,8-9,12-13,16-17H,7H2,(H,14,15). The summed E-state index contributed by atoms with van der Waals surface area (Å²) in [5.74, 6) is -0.188. The van der Waals surface area contributed by atoms with Crippen molar-refractivity contribution in [2.75, 3.05) is 0 Å². The van der Waals surface area contributed by atoms with Crippen molar-refractivity contribution in [3.05, 3.63) is 47.7 Å². The average Bonchev–Trinajstić information content (AvgIpc) is 2.36. The number of nitrogens with one attached hydrogen (secondary N) is 1. The van der Waals surface area contributed by atoms with Crippen molar-refractivity contribution in [3.63, 3.8) is 0 Å². The molecule has 2 rings (SSSR count). The third-order valence-corrected chi connectivity index (χ3v) is 3.08. The summed E-state index contributed by atoms with van der Waals surface area (Å²) in [6.07, 6.45) is 3.00. The normalized spacial score (nSPS) is 27.8. The number of amides is 1. The van der Waals surface area contributed by atoms with Gasteiger partial charge in [0.25, 0.3) is 0 Å². The lowest BCUT2D eigenvalue weighted by atomic mass is 9.80. The van der Waals surface area contributed by atoms with Gasteiger partial charge in [-0.15, -0.1) is 0 Å². The van der Waals surface area contributed by atoms with E-state index in [1.165, 1.54) is 6.20 Å². The summed E-state index contributed by atoms with van der Waals surface area (Å²) in [7, 11) is 0. The quantitative estimate of drug-likeness (QED) is 0.683. The molecule has 90 valence electrons. The highest BCUT2D eigenvalue weighted by Gasteiger charge is 2.30. The van der Waals surface area contributed by atoms with E-state index >= 15 is 0 Å². The number of aliphatic hydroxyl groups excluding tert-OH is 2. The first-order chi connectivity index (χ1) is 8.24. The first-order valence-electron chi connectivity index (χ1n) is 5.55. The highest BCUT2D eigenvalue weighted by molar-refractivity contribution is 5.47. The second-order valence-corrected chi connectivity index (χ2v) is 4.13. The molecule has 0 aromatic heterocycles. The average molecular weight is 233 g/mol. The molecule has 0 saturated carbocycles. The fourth-order valence-corrected chi connectivity index (χ4v) is 2.23. The minimum Gasteiger partial charge on any atom is -0.388 e. The molecule has 0 aliphatic heterocycles. The van der Waals surface area contributed by atoms with Crippen molar-refractivity contribution in [2.24, 2.45) is 5.92 Å². The summed E-state index contributed by atoms with van der Waals surface area (Å²) in [4.78, 5) is 10.1. The Labute approximate surface area is 99.6 Å². The topological polar surface area (TPSA) is 69.6 Å². The second-order valence-electron chi connectivity index (χ2n) is 4.13. The second kappa shape index (κ2) is 5.12. The Morgan fingerprint density at radius 2 is 1.94 bits per heavy atom. The summed E-state index contributed by atoms with van der Waals surface area (Å²) in [5.41, 5.74) is 1.54. The van der Waals surface area contributed by atoms with Crippen LogP contribution < -0.4 is 5.32 Å². The van der Waals surface area contributed by atoms with Gasteiger partial charge in [0.05, 0.1) is 12.2 Å². The zero-order valence-electron chi connectivity index (χ0n) is 9.28. The number of hydrogen-bond acceptors (Lipinski definition) is 3. The molecule has 4 nitrogen and oxygen atoms in total. The van der Waals surface area contributed by atoms with E-state index in [1.54, 1.807) is 6.08 Å². The Bertz CT molecular complexity index is 430. The summed E-state index contributed by atoms with van der Waals surface area (Å²) in [6, 6.07) is 7.33. The summed E-state index contributed by atoms with van der Waals surface area (Å²) >= 11 is 0. The lowest BCUT2D eigenvalue weighted by Crippen LogP contribution is -2.22. The molecule has 0 fully saturated rings. The zero-order chi connectivity index (χ0) is 12.3. The van der Waals surface area contributed by atoms with Gasteiger partial charge in [0.2, 0.25) is 6.41 Å². The van der Waals surface area contributed by atoms with Crippen LogP contribution in [0.4, 0.5) is 0 Å². The molecule has 1 amide bonds. The predicted octanol–water partition coefficient (Wildman–Crippen LogP) is 1.03. The van der Waals surface area contributed by atoms with Gasteiger partial charge in [-0.1, -0.05) is 30.3 Å². The fourth-order valence-electron chi connectivity index (χ4n) is 2.23. The predicted molar refractivity (Wildman–Crippen MR) is 62.8 cm³/mol. The molecular weight excluding hydrogens is 218 g/mol. The summed E-state index contributed by atoms with van der Waals surface area (Å²) in [5, 5.41) is 22.5. The molecule has 0 heterocycles. The maximum Gasteiger partial charge on any atom is 0.211 e. The van der Waals surface area contributed by atoms with Crippen LogP contribution in [0.3, 0.4) is 0 Å². The first kappa shape index (κ1) is 11.8. The van der Waals surface area contributed by atoms with E-state index in [0.717, 1.165) is 11.1 Å². The molecule has 0 radical (unpaired) electrons. The Balaban J connectivity index is 2.23. The summed E-state index contributed by atoms with van der Waals surface area (Å²) in [6.45, 7) is 0. The van der Waals surface area contributed by atoms with Gasteiger partial charge in [-0.05, 0) is 23.7 Å². The molecule has 0 saturated heterocycles. The van der Waals surface area contributed by atoms with Crippen molar-refractivity contribution in [1.29, 1.82) is 0 Å². The van der Waals surface area contributed by atoms with Gasteiger partial charge in [-0.2, -0.15) is 0 Å². The van der Waals surface area contributed by atoms with E-state index in [0.29, 0.717) is 12.8 Å². The van der Waals surface area contributed by atoms with Gasteiger partial charge in [0, 0.05) is 5.92 Å².